The van der Waals surface area contributed by atoms with E-state index in [2.05, 4.69) is 0 Å². The number of alkyl halides is 3. The van der Waals surface area contributed by atoms with Crippen LogP contribution >= 0.6 is 34.8 Å². The van der Waals surface area contributed by atoms with Crippen molar-refractivity contribution in [2.75, 3.05) is 6.61 Å². The average Bonchev–Trinajstić information content (AvgIpc) is 2.67. The minimum atomic E-state index is -2.56. The smallest absolute Gasteiger partial charge is 0.248 e. The normalized spacial score (nSPS) is 21.6. The molecule has 1 aromatic carbocycles. The van der Waals surface area contributed by atoms with E-state index in [1.807, 2.05) is 0 Å². The van der Waals surface area contributed by atoms with Crippen LogP contribution in [0.1, 0.15) is 24.8 Å². The van der Waals surface area contributed by atoms with E-state index >= 15 is 0 Å². The highest BCUT2D eigenvalue weighted by Crippen LogP contribution is 2.40. The van der Waals surface area contributed by atoms with E-state index in [1.54, 1.807) is 12.1 Å². The van der Waals surface area contributed by atoms with Crippen LogP contribution in [0.3, 0.4) is 0 Å². The minimum absolute atomic E-state index is 0.0717. The van der Waals surface area contributed by atoms with Crippen molar-refractivity contribution < 1.29 is 13.5 Å². The molecule has 1 fully saturated rings. The number of hydrogen-bond acceptors (Lipinski definition) is 1. The molecule has 0 saturated heterocycles. The predicted molar refractivity (Wildman–Crippen MR) is 73.8 cm³/mol. The molecule has 1 saturated carbocycles. The number of ether oxygens (including phenoxy) is 1. The first-order valence-corrected chi connectivity index (χ1v) is 7.25. The zero-order valence-corrected chi connectivity index (χ0v) is 12.3. The van der Waals surface area contributed by atoms with Crippen molar-refractivity contribution in [3.8, 4) is 5.75 Å². The lowest BCUT2D eigenvalue weighted by Crippen LogP contribution is -2.14. The molecule has 1 nitrogen and oxygen atoms in total. The monoisotopic (exact) mass is 328 g/mol. The number of benzene rings is 1. The van der Waals surface area contributed by atoms with Gasteiger partial charge in [0.25, 0.3) is 0 Å². The summed E-state index contributed by atoms with van der Waals surface area (Å²) >= 11 is 17.7. The second-order valence-electron chi connectivity index (χ2n) is 4.79. The molecule has 0 N–H and O–H groups in total. The number of halogens is 5. The molecular weight excluding hydrogens is 316 g/mol. The molecule has 1 aromatic rings. The van der Waals surface area contributed by atoms with E-state index in [0.29, 0.717) is 27.8 Å². The van der Waals surface area contributed by atoms with Crippen LogP contribution in [-0.2, 0) is 5.88 Å². The molecule has 0 radical (unpaired) electrons. The molecule has 0 spiro atoms. The lowest BCUT2D eigenvalue weighted by molar-refractivity contribution is 0.00291. The van der Waals surface area contributed by atoms with Crippen LogP contribution in [-0.4, -0.2) is 12.5 Å². The van der Waals surface area contributed by atoms with Crippen LogP contribution in [0.25, 0.3) is 0 Å². The summed E-state index contributed by atoms with van der Waals surface area (Å²) in [5.74, 6) is -2.06. The van der Waals surface area contributed by atoms with Crippen LogP contribution in [0.5, 0.6) is 5.75 Å². The Kier molecular flexibility index (Phi) is 4.80. The Morgan fingerprint density at radius 3 is 2.63 bits per heavy atom. The third-order valence-corrected chi connectivity index (χ3v) is 3.99. The summed E-state index contributed by atoms with van der Waals surface area (Å²) in [7, 11) is 0. The summed E-state index contributed by atoms with van der Waals surface area (Å²) in [6, 6.07) is 3.22. The Morgan fingerprint density at radius 2 is 2.05 bits per heavy atom. The van der Waals surface area contributed by atoms with Crippen molar-refractivity contribution in [3.05, 3.63) is 27.7 Å². The third-order valence-electron chi connectivity index (χ3n) is 3.20. The Labute approximate surface area is 125 Å². The molecule has 2 rings (SSSR count). The molecular formula is C13H13Cl3F2O. The van der Waals surface area contributed by atoms with Crippen LogP contribution in [0.15, 0.2) is 12.1 Å². The first-order chi connectivity index (χ1) is 8.91. The van der Waals surface area contributed by atoms with E-state index in [0.717, 1.165) is 0 Å². The van der Waals surface area contributed by atoms with E-state index in [-0.39, 0.29) is 31.2 Å². The molecule has 0 aromatic heterocycles. The van der Waals surface area contributed by atoms with Gasteiger partial charge in [0.1, 0.15) is 5.75 Å². The second-order valence-corrected chi connectivity index (χ2v) is 5.90. The summed E-state index contributed by atoms with van der Waals surface area (Å²) in [5.41, 5.74) is 0.670. The predicted octanol–water partition coefficient (Wildman–Crippen LogP) is 5.55. The van der Waals surface area contributed by atoms with E-state index in [1.165, 1.54) is 0 Å². The first kappa shape index (κ1) is 15.1. The minimum Gasteiger partial charge on any atom is -0.491 e. The lowest BCUT2D eigenvalue weighted by atomic mass is 10.1. The summed E-state index contributed by atoms with van der Waals surface area (Å²) in [6.07, 6.45) is 0.264. The van der Waals surface area contributed by atoms with E-state index < -0.39 is 5.92 Å². The fourth-order valence-electron chi connectivity index (χ4n) is 2.26. The summed E-state index contributed by atoms with van der Waals surface area (Å²) < 4.78 is 31.7. The van der Waals surface area contributed by atoms with Gasteiger partial charge < -0.3 is 4.74 Å². The zero-order chi connectivity index (χ0) is 14.0. The van der Waals surface area contributed by atoms with Crippen molar-refractivity contribution in [1.82, 2.24) is 0 Å². The fraction of sp³-hybridized carbons (Fsp3) is 0.538. The van der Waals surface area contributed by atoms with Gasteiger partial charge in [-0.3, -0.25) is 0 Å². The van der Waals surface area contributed by atoms with Gasteiger partial charge in [0, 0.05) is 23.4 Å². The van der Waals surface area contributed by atoms with Crippen LogP contribution < -0.4 is 4.74 Å². The summed E-state index contributed by atoms with van der Waals surface area (Å²) in [6.45, 7) is 0.223. The van der Waals surface area contributed by atoms with Crippen molar-refractivity contribution in [2.24, 2.45) is 5.92 Å². The Bertz CT molecular complexity index is 465. The molecule has 6 heteroatoms. The highest BCUT2D eigenvalue weighted by atomic mass is 35.5. The quantitative estimate of drug-likeness (QED) is 0.658. The summed E-state index contributed by atoms with van der Waals surface area (Å²) in [4.78, 5) is 0. The van der Waals surface area contributed by atoms with Gasteiger partial charge in [-0.05, 0) is 24.5 Å². The lowest BCUT2D eigenvalue weighted by Gasteiger charge is -2.16. The van der Waals surface area contributed by atoms with Crippen molar-refractivity contribution in [1.29, 1.82) is 0 Å². The number of rotatable bonds is 4. The molecule has 0 amide bonds. The van der Waals surface area contributed by atoms with Crippen molar-refractivity contribution >= 4 is 34.8 Å². The van der Waals surface area contributed by atoms with Gasteiger partial charge in [0.15, 0.2) is 0 Å². The van der Waals surface area contributed by atoms with Crippen LogP contribution in [0, 0.1) is 5.92 Å². The topological polar surface area (TPSA) is 9.23 Å². The third kappa shape index (κ3) is 3.87. The maximum atomic E-state index is 13.1. The van der Waals surface area contributed by atoms with Gasteiger partial charge in [0.05, 0.1) is 17.5 Å². The van der Waals surface area contributed by atoms with Gasteiger partial charge in [-0.1, -0.05) is 23.2 Å². The van der Waals surface area contributed by atoms with E-state index in [4.69, 9.17) is 39.5 Å². The van der Waals surface area contributed by atoms with Crippen LogP contribution in [0.4, 0.5) is 8.78 Å². The SMILES string of the molecule is FC1(F)CCC(COc2c(Cl)cc(Cl)cc2CCl)C1. The van der Waals surface area contributed by atoms with Gasteiger partial charge >= 0.3 is 0 Å². The fourth-order valence-corrected chi connectivity index (χ4v) is 3.05. The highest BCUT2D eigenvalue weighted by Gasteiger charge is 2.39. The van der Waals surface area contributed by atoms with Gasteiger partial charge in [0.2, 0.25) is 5.92 Å². The Morgan fingerprint density at radius 1 is 1.32 bits per heavy atom. The molecule has 19 heavy (non-hydrogen) atoms. The first-order valence-electron chi connectivity index (χ1n) is 5.96. The van der Waals surface area contributed by atoms with Gasteiger partial charge in [-0.25, -0.2) is 8.78 Å². The highest BCUT2D eigenvalue weighted by molar-refractivity contribution is 6.36. The van der Waals surface area contributed by atoms with Crippen molar-refractivity contribution in [2.45, 2.75) is 31.1 Å². The van der Waals surface area contributed by atoms with Crippen LogP contribution in [0.2, 0.25) is 10.0 Å². The molecule has 106 valence electrons. The molecule has 1 unspecified atom stereocenters. The number of hydrogen-bond donors (Lipinski definition) is 0. The Balaban J connectivity index is 2.04. The maximum Gasteiger partial charge on any atom is 0.248 e. The average molecular weight is 330 g/mol. The molecule has 1 aliphatic carbocycles. The standard InChI is InChI=1S/C13H13Cl3F2O/c14-6-9-3-10(15)4-11(16)12(9)19-7-8-1-2-13(17,18)5-8/h3-4,8H,1-2,5-7H2. The summed E-state index contributed by atoms with van der Waals surface area (Å²) in [5, 5.41) is 0.827. The molecule has 0 bridgehead atoms. The molecule has 1 aliphatic rings. The van der Waals surface area contributed by atoms with Gasteiger partial charge in [-0.15, -0.1) is 11.6 Å². The van der Waals surface area contributed by atoms with Gasteiger partial charge in [-0.2, -0.15) is 0 Å². The van der Waals surface area contributed by atoms with Crippen molar-refractivity contribution in [3.63, 3.8) is 0 Å². The molecule has 1 atom stereocenters. The maximum absolute atomic E-state index is 13.1. The molecule has 0 heterocycles. The second kappa shape index (κ2) is 6.02. The largest absolute Gasteiger partial charge is 0.491 e. The zero-order valence-electron chi connectivity index (χ0n) is 10.1. The Hall–Kier alpha value is -0.250. The molecule has 0 aliphatic heterocycles. The van der Waals surface area contributed by atoms with E-state index in [9.17, 15) is 8.78 Å².